The average Bonchev–Trinajstić information content (AvgIpc) is 3.37. The summed E-state index contributed by atoms with van der Waals surface area (Å²) in [5.41, 5.74) is 0. The molecule has 0 N–H and O–H groups in total. The molecule has 1 fully saturated rings. The third kappa shape index (κ3) is 3.57. The molecule has 6 nitrogen and oxygen atoms in total. The molecule has 0 aromatic carbocycles. The largest absolute Gasteiger partial charge is 0.339 e. The minimum absolute atomic E-state index is 0.592. The Bertz CT molecular complexity index is 737. The Labute approximate surface area is 145 Å². The van der Waals surface area contributed by atoms with Crippen LogP contribution in [-0.2, 0) is 13.0 Å². The fraction of sp³-hybridized carbons (Fsp3) is 0.471. The Kier molecular flexibility index (Phi) is 4.71. The monoisotopic (exact) mass is 343 g/mol. The van der Waals surface area contributed by atoms with Gasteiger partial charge >= 0.3 is 0 Å². The van der Waals surface area contributed by atoms with Crippen LogP contribution < -0.4 is 0 Å². The van der Waals surface area contributed by atoms with Crippen LogP contribution in [0.3, 0.4) is 0 Å². The van der Waals surface area contributed by atoms with Crippen LogP contribution in [0.2, 0.25) is 0 Å². The van der Waals surface area contributed by atoms with E-state index < -0.39 is 0 Å². The van der Waals surface area contributed by atoms with Crippen LogP contribution in [0, 0.1) is 0 Å². The first-order valence-corrected chi connectivity index (χ1v) is 9.34. The van der Waals surface area contributed by atoms with E-state index >= 15 is 0 Å². The lowest BCUT2D eigenvalue weighted by Gasteiger charge is -2.24. The van der Waals surface area contributed by atoms with Crippen molar-refractivity contribution in [3.8, 4) is 10.7 Å². The van der Waals surface area contributed by atoms with Crippen LogP contribution in [0.15, 0.2) is 40.5 Å². The zero-order valence-electron chi connectivity index (χ0n) is 13.5. The highest BCUT2D eigenvalue weighted by atomic mass is 32.1. The fourth-order valence-electron chi connectivity index (χ4n) is 3.32. The molecule has 1 atom stereocenters. The van der Waals surface area contributed by atoms with E-state index in [1.807, 2.05) is 40.7 Å². The van der Waals surface area contributed by atoms with Gasteiger partial charge in [-0.2, -0.15) is 10.1 Å². The van der Waals surface area contributed by atoms with E-state index in [0.717, 1.165) is 36.7 Å². The predicted molar refractivity (Wildman–Crippen MR) is 92.8 cm³/mol. The number of likely N-dealkylation sites (tertiary alicyclic amines) is 1. The molecule has 4 rings (SSSR count). The number of rotatable bonds is 7. The number of aromatic nitrogens is 4. The van der Waals surface area contributed by atoms with E-state index in [0.29, 0.717) is 11.9 Å². The van der Waals surface area contributed by atoms with E-state index in [-0.39, 0.29) is 0 Å². The molecule has 0 saturated carbocycles. The summed E-state index contributed by atoms with van der Waals surface area (Å²) in [7, 11) is 0. The van der Waals surface area contributed by atoms with Gasteiger partial charge in [0.05, 0.1) is 11.4 Å². The second-order valence-corrected chi connectivity index (χ2v) is 7.10. The molecule has 126 valence electrons. The molecule has 0 spiro atoms. The van der Waals surface area contributed by atoms with Crippen LogP contribution in [0.4, 0.5) is 0 Å². The van der Waals surface area contributed by atoms with Crippen molar-refractivity contribution in [2.75, 3.05) is 13.1 Å². The van der Waals surface area contributed by atoms with Crippen LogP contribution in [-0.4, -0.2) is 44.0 Å². The standard InChI is InChI=1S/C17H21N5OS/c1-5-14(13-22-11-4-8-18-22)21(9-1)10-2-7-16-19-17(20-23-16)15-6-3-12-24-15/h3-4,6,8,11-12,14H,1-2,5,7,9-10,13H2/t14-/m0/s1. The van der Waals surface area contributed by atoms with Crippen molar-refractivity contribution in [2.24, 2.45) is 0 Å². The van der Waals surface area contributed by atoms with Crippen molar-refractivity contribution in [1.82, 2.24) is 24.8 Å². The molecule has 4 heterocycles. The molecular formula is C17H21N5OS. The maximum Gasteiger partial charge on any atom is 0.227 e. The quantitative estimate of drug-likeness (QED) is 0.660. The van der Waals surface area contributed by atoms with Gasteiger partial charge in [-0.3, -0.25) is 9.58 Å². The van der Waals surface area contributed by atoms with Gasteiger partial charge in [-0.05, 0) is 49.9 Å². The van der Waals surface area contributed by atoms with Crippen molar-refractivity contribution in [3.05, 3.63) is 41.9 Å². The Morgan fingerprint density at radius 2 is 2.33 bits per heavy atom. The fourth-order valence-corrected chi connectivity index (χ4v) is 3.97. The predicted octanol–water partition coefficient (Wildman–Crippen LogP) is 3.09. The van der Waals surface area contributed by atoms with E-state index in [2.05, 4.69) is 20.1 Å². The molecule has 0 bridgehead atoms. The third-order valence-electron chi connectivity index (χ3n) is 4.50. The van der Waals surface area contributed by atoms with E-state index in [4.69, 9.17) is 4.52 Å². The summed E-state index contributed by atoms with van der Waals surface area (Å²) >= 11 is 1.63. The molecule has 1 aliphatic rings. The van der Waals surface area contributed by atoms with Crippen molar-refractivity contribution in [3.63, 3.8) is 0 Å². The van der Waals surface area contributed by atoms with Gasteiger partial charge in [-0.25, -0.2) is 0 Å². The lowest BCUT2D eigenvalue weighted by atomic mass is 10.2. The molecule has 3 aromatic heterocycles. The summed E-state index contributed by atoms with van der Waals surface area (Å²) in [6.07, 6.45) is 8.30. The summed E-state index contributed by atoms with van der Waals surface area (Å²) in [5.74, 6) is 1.44. The Morgan fingerprint density at radius 3 is 3.17 bits per heavy atom. The lowest BCUT2D eigenvalue weighted by molar-refractivity contribution is 0.222. The molecule has 24 heavy (non-hydrogen) atoms. The second-order valence-electron chi connectivity index (χ2n) is 6.15. The minimum atomic E-state index is 0.592. The zero-order valence-corrected chi connectivity index (χ0v) is 14.4. The van der Waals surface area contributed by atoms with Crippen molar-refractivity contribution in [1.29, 1.82) is 0 Å². The zero-order chi connectivity index (χ0) is 16.2. The third-order valence-corrected chi connectivity index (χ3v) is 5.37. The normalized spacial score (nSPS) is 18.4. The van der Waals surface area contributed by atoms with Gasteiger partial charge in [-0.15, -0.1) is 11.3 Å². The Morgan fingerprint density at radius 1 is 1.33 bits per heavy atom. The second kappa shape index (κ2) is 7.27. The SMILES string of the molecule is c1csc(-c2noc(CCCN3CCC[C@H]3Cn3cccn3)n2)c1. The highest BCUT2D eigenvalue weighted by Crippen LogP contribution is 2.22. The minimum Gasteiger partial charge on any atom is -0.339 e. The summed E-state index contributed by atoms with van der Waals surface area (Å²) in [4.78, 5) is 8.12. The van der Waals surface area contributed by atoms with E-state index in [1.54, 1.807) is 11.3 Å². The summed E-state index contributed by atoms with van der Waals surface area (Å²) < 4.78 is 7.41. The molecule has 1 saturated heterocycles. The lowest BCUT2D eigenvalue weighted by Crippen LogP contribution is -2.34. The first-order valence-electron chi connectivity index (χ1n) is 8.46. The smallest absolute Gasteiger partial charge is 0.227 e. The Balaban J connectivity index is 1.27. The summed E-state index contributed by atoms with van der Waals surface area (Å²) in [5, 5.41) is 10.4. The van der Waals surface area contributed by atoms with Crippen molar-refractivity contribution >= 4 is 11.3 Å². The van der Waals surface area contributed by atoms with Gasteiger partial charge in [-0.1, -0.05) is 11.2 Å². The number of nitrogens with zero attached hydrogens (tertiary/aromatic N) is 5. The maximum absolute atomic E-state index is 5.38. The first kappa shape index (κ1) is 15.5. The molecule has 0 aliphatic carbocycles. The van der Waals surface area contributed by atoms with Crippen molar-refractivity contribution in [2.45, 2.75) is 38.3 Å². The molecular weight excluding hydrogens is 322 g/mol. The van der Waals surface area contributed by atoms with Gasteiger partial charge in [0, 0.05) is 24.9 Å². The van der Waals surface area contributed by atoms with Crippen LogP contribution in [0.5, 0.6) is 0 Å². The van der Waals surface area contributed by atoms with E-state index in [9.17, 15) is 0 Å². The number of hydrogen-bond donors (Lipinski definition) is 0. The summed E-state index contributed by atoms with van der Waals surface area (Å²) in [6.45, 7) is 3.23. The number of thiophene rings is 1. The van der Waals surface area contributed by atoms with Gasteiger partial charge in [0.2, 0.25) is 11.7 Å². The average molecular weight is 343 g/mol. The molecule has 0 amide bonds. The molecule has 0 unspecified atom stereocenters. The topological polar surface area (TPSA) is 60.0 Å². The van der Waals surface area contributed by atoms with Gasteiger partial charge in [0.1, 0.15) is 0 Å². The first-order chi connectivity index (χ1) is 11.9. The van der Waals surface area contributed by atoms with Crippen molar-refractivity contribution < 1.29 is 4.52 Å². The highest BCUT2D eigenvalue weighted by Gasteiger charge is 2.24. The van der Waals surface area contributed by atoms with Gasteiger partial charge < -0.3 is 4.52 Å². The van der Waals surface area contributed by atoms with Gasteiger partial charge in [0.25, 0.3) is 0 Å². The van der Waals surface area contributed by atoms with Gasteiger partial charge in [0.15, 0.2) is 0 Å². The molecule has 3 aromatic rings. The molecule has 0 radical (unpaired) electrons. The van der Waals surface area contributed by atoms with E-state index in [1.165, 1.54) is 19.4 Å². The Hall–Kier alpha value is -1.99. The maximum atomic E-state index is 5.38. The van der Waals surface area contributed by atoms with Crippen LogP contribution in [0.25, 0.3) is 10.7 Å². The summed E-state index contributed by atoms with van der Waals surface area (Å²) in [6, 6.07) is 6.60. The molecule has 1 aliphatic heterocycles. The molecule has 7 heteroatoms. The van der Waals surface area contributed by atoms with Crippen LogP contribution >= 0.6 is 11.3 Å². The number of hydrogen-bond acceptors (Lipinski definition) is 6. The van der Waals surface area contributed by atoms with Crippen LogP contribution in [0.1, 0.15) is 25.2 Å². The highest BCUT2D eigenvalue weighted by molar-refractivity contribution is 7.13. The number of aryl methyl sites for hydroxylation is 1.